The molecule has 0 N–H and O–H groups in total. The van der Waals surface area contributed by atoms with Crippen LogP contribution in [0.3, 0.4) is 0 Å². The van der Waals surface area contributed by atoms with Gasteiger partial charge in [-0.25, -0.2) is 4.39 Å². The summed E-state index contributed by atoms with van der Waals surface area (Å²) >= 11 is -2.54. The van der Waals surface area contributed by atoms with Gasteiger partial charge in [-0.15, -0.1) is 24.0 Å². The van der Waals surface area contributed by atoms with Crippen LogP contribution in [0.4, 0.5) is 51.2 Å². The van der Waals surface area contributed by atoms with Crippen molar-refractivity contribution < 1.29 is 51.2 Å². The van der Waals surface area contributed by atoms with Crippen LogP contribution < -0.4 is 0 Å². The maximum atomic E-state index is 11.3. The molecule has 0 saturated heterocycles. The third-order valence-electron chi connectivity index (χ3n) is 1.00. The molecular formula is C11H19F12I3. The first-order valence-corrected chi connectivity index (χ1v) is 10.1. The summed E-state index contributed by atoms with van der Waals surface area (Å²) in [6.45, 7) is 2.51. The minimum absolute atomic E-state index is 0. The Balaban J connectivity index is -0.0000000379. The van der Waals surface area contributed by atoms with E-state index < -0.39 is 53.4 Å². The molecule has 0 fully saturated rings. The van der Waals surface area contributed by atoms with E-state index in [-0.39, 0.29) is 44.9 Å². The van der Waals surface area contributed by atoms with Crippen molar-refractivity contribution >= 4 is 67.0 Å². The largest absolute Gasteiger partial charge is 0.411 e. The average Bonchev–Trinajstić information content (AvgIpc) is 2.38. The van der Waals surface area contributed by atoms with Gasteiger partial charge in [-0.1, -0.05) is 21.4 Å². The summed E-state index contributed by atoms with van der Waals surface area (Å²) in [7, 11) is 0. The molecule has 0 spiro atoms. The number of allylic oxidation sites excluding steroid dienone is 2. The second-order valence-electron chi connectivity index (χ2n) is 2.70. The van der Waals surface area contributed by atoms with Gasteiger partial charge >= 0.3 is 63.5 Å². The summed E-state index contributed by atoms with van der Waals surface area (Å²) in [6, 6.07) is 0. The molecule has 168 valence electrons. The molecule has 0 aliphatic rings. The molecule has 0 heterocycles. The number of alkyl halides is 13. The van der Waals surface area contributed by atoms with E-state index in [1.54, 1.807) is 0 Å². The molecule has 0 radical (unpaired) electrons. The molecule has 0 saturated carbocycles. The van der Waals surface area contributed by atoms with Crippen molar-refractivity contribution in [1.29, 1.82) is 0 Å². The van der Waals surface area contributed by atoms with Gasteiger partial charge in [0.2, 0.25) is 0 Å². The number of hydrogen-bond acceptors (Lipinski definition) is 0. The topological polar surface area (TPSA) is 0 Å². The molecule has 0 bridgehead atoms. The number of halogens is 15. The first kappa shape index (κ1) is 45.5. The fraction of sp³-hybridized carbons (Fsp3) is 0.636. The van der Waals surface area contributed by atoms with Crippen molar-refractivity contribution in [2.45, 2.75) is 31.4 Å². The Bertz CT molecular complexity index is 296. The molecule has 0 atom stereocenters. The van der Waals surface area contributed by atoms with Crippen molar-refractivity contribution in [3.63, 3.8) is 0 Å². The van der Waals surface area contributed by atoms with Crippen LogP contribution in [0.1, 0.15) is 14.9 Å². The van der Waals surface area contributed by atoms with E-state index in [2.05, 4.69) is 6.58 Å². The van der Waals surface area contributed by atoms with E-state index in [9.17, 15) is 51.2 Å². The molecule has 0 unspecified atom stereocenters. The van der Waals surface area contributed by atoms with Crippen LogP contribution in [0, 0.1) is 0 Å². The van der Waals surface area contributed by atoms with Crippen LogP contribution in [0.15, 0.2) is 25.1 Å². The number of hydrogen-bond donors (Lipinski definition) is 0. The van der Waals surface area contributed by atoms with E-state index >= 15 is 0 Å². The van der Waals surface area contributed by atoms with Crippen LogP contribution in [-0.4, -0.2) is 26.1 Å². The standard InChI is InChI=1S/C3H5F4I.C3H2F4.C3H3F3.2CH4.FI.HI/c1-8(2-4)3(5,6)7;4-2-1-3(5,6)7;1-2-3(4,5)6;;;1-2;/h2H2,1H3;1-2H;2H,1H2;2*1H4;;1H/b;2-1+;;;;;. The van der Waals surface area contributed by atoms with Crippen LogP contribution in [0.2, 0.25) is 0 Å². The molecule has 0 aromatic rings. The van der Waals surface area contributed by atoms with E-state index in [1.807, 2.05) is 0 Å². The van der Waals surface area contributed by atoms with E-state index in [4.69, 9.17) is 0 Å². The Kier molecular flexibility index (Phi) is 41.8. The van der Waals surface area contributed by atoms with Gasteiger partial charge in [0.25, 0.3) is 0 Å². The third-order valence-corrected chi connectivity index (χ3v) is 3.95. The second-order valence-corrected chi connectivity index (χ2v) is 7.87. The monoisotopic (exact) mass is 760 g/mol. The Morgan fingerprint density at radius 1 is 0.885 bits per heavy atom. The minimum atomic E-state index is -4.51. The van der Waals surface area contributed by atoms with Gasteiger partial charge in [-0.05, 0) is 0 Å². The smallest absolute Gasteiger partial charge is 0.216 e. The normalized spacial score (nSPS) is 10.6. The van der Waals surface area contributed by atoms with E-state index in [1.165, 1.54) is 0 Å². The quantitative estimate of drug-likeness (QED) is 0.108. The predicted molar refractivity (Wildman–Crippen MR) is 109 cm³/mol. The molecule has 0 nitrogen and oxygen atoms in total. The summed E-state index contributed by atoms with van der Waals surface area (Å²) in [5.41, 5.74) is 0. The second kappa shape index (κ2) is 23.9. The summed E-state index contributed by atoms with van der Waals surface area (Å²) in [4.78, 5) is 0.962. The molecule has 0 aromatic heterocycles. The zero-order valence-electron chi connectivity index (χ0n) is 11.3. The van der Waals surface area contributed by atoms with Gasteiger partial charge in [0.15, 0.2) is 23.2 Å². The van der Waals surface area contributed by atoms with Crippen LogP contribution in [0.5, 0.6) is 0 Å². The molecule has 0 aliphatic carbocycles. The van der Waals surface area contributed by atoms with Crippen LogP contribution in [-0.2, 0) is 0 Å². The Morgan fingerprint density at radius 2 is 1.15 bits per heavy atom. The maximum absolute atomic E-state index is 11.3. The first-order chi connectivity index (χ1) is 10.1. The van der Waals surface area contributed by atoms with E-state index in [0.717, 1.165) is 4.93 Å². The third kappa shape index (κ3) is 56.3. The van der Waals surface area contributed by atoms with Crippen molar-refractivity contribution in [2.75, 3.05) is 9.61 Å². The molecule has 0 rings (SSSR count). The minimum Gasteiger partial charge on any atom is -0.216 e. The van der Waals surface area contributed by atoms with Crippen LogP contribution in [0.25, 0.3) is 0 Å². The fourth-order valence-corrected chi connectivity index (χ4v) is 0.456. The zero-order chi connectivity index (χ0) is 19.9. The molecule has 15 heteroatoms. The SMILES string of the molecule is C.C.C=CC(F)(F)F.CI(CF)C(F)(F)F.F/C=C/C(F)(F)F.FI.I. The Morgan fingerprint density at radius 3 is 1.15 bits per heavy atom. The van der Waals surface area contributed by atoms with Crippen LogP contribution >= 0.6 is 67.0 Å². The molecule has 26 heavy (non-hydrogen) atoms. The zero-order valence-corrected chi connectivity index (χ0v) is 18.0. The molecule has 0 aliphatic heterocycles. The summed E-state index contributed by atoms with van der Waals surface area (Å²) < 4.78 is 124. The van der Waals surface area contributed by atoms with Gasteiger partial charge in [0.1, 0.15) is 0 Å². The number of rotatable bonds is 1. The van der Waals surface area contributed by atoms with Gasteiger partial charge in [0, 0.05) is 12.2 Å². The summed E-state index contributed by atoms with van der Waals surface area (Å²) in [5.74, 6) is 0. The van der Waals surface area contributed by atoms with E-state index in [0.29, 0.717) is 23.2 Å². The maximum Gasteiger partial charge on any atom is 0.411 e. The summed E-state index contributed by atoms with van der Waals surface area (Å²) in [5, 5.41) is 0. The first-order valence-electron chi connectivity index (χ1n) is 4.48. The summed E-state index contributed by atoms with van der Waals surface area (Å²) in [6.07, 6.45) is -9.78. The Labute approximate surface area is 183 Å². The molecule has 0 aromatic carbocycles. The predicted octanol–water partition coefficient (Wildman–Crippen LogP) is 9.53. The van der Waals surface area contributed by atoms with Crippen molar-refractivity contribution in [3.05, 3.63) is 25.1 Å². The van der Waals surface area contributed by atoms with Gasteiger partial charge in [0.05, 0.1) is 6.33 Å². The van der Waals surface area contributed by atoms with Gasteiger partial charge in [-0.3, -0.25) is 0 Å². The van der Waals surface area contributed by atoms with Crippen molar-refractivity contribution in [1.82, 2.24) is 0 Å². The van der Waals surface area contributed by atoms with Gasteiger partial charge in [-0.2, -0.15) is 29.2 Å². The fourth-order valence-electron chi connectivity index (χ4n) is 0.129. The van der Waals surface area contributed by atoms with Crippen molar-refractivity contribution in [2.24, 2.45) is 0 Å². The average molecular weight is 760 g/mol. The Hall–Kier alpha value is 0.830. The molecular weight excluding hydrogens is 741 g/mol. The van der Waals surface area contributed by atoms with Gasteiger partial charge < -0.3 is 0 Å². The van der Waals surface area contributed by atoms with Crippen molar-refractivity contribution in [3.8, 4) is 0 Å². The molecule has 0 amide bonds.